The van der Waals surface area contributed by atoms with Crippen LogP contribution in [0.1, 0.15) is 10.4 Å². The van der Waals surface area contributed by atoms with Crippen molar-refractivity contribution in [2.24, 2.45) is 0 Å². The largest absolute Gasteiger partial charge is 0.293 e. The van der Waals surface area contributed by atoms with Crippen LogP contribution in [0.2, 0.25) is 0 Å². The minimum Gasteiger partial charge on any atom is -0.293 e. The second-order valence-corrected chi connectivity index (χ2v) is 5.98. The summed E-state index contributed by atoms with van der Waals surface area (Å²) in [5.74, 6) is 2.96. The maximum Gasteiger partial charge on any atom is 0.172 e. The van der Waals surface area contributed by atoms with Gasteiger partial charge in [0.25, 0.3) is 0 Å². The lowest BCUT2D eigenvalue weighted by atomic mass is 10.2. The molecule has 15 heavy (non-hydrogen) atoms. The summed E-state index contributed by atoms with van der Waals surface area (Å²) in [5.41, 5.74) is 0.801. The fraction of sp³-hybridized carbons (Fsp3) is 0.364. The average molecular weight is 305 g/mol. The number of hydrogen-bond acceptors (Lipinski definition) is 3. The Labute approximate surface area is 108 Å². The van der Waals surface area contributed by atoms with E-state index in [2.05, 4.69) is 22.2 Å². The quantitative estimate of drug-likeness (QED) is 0.589. The molecule has 0 aromatic heterocycles. The van der Waals surface area contributed by atoms with Gasteiger partial charge in [0.15, 0.2) is 5.78 Å². The molecule has 1 nitrogen and oxygen atoms in total. The molecule has 0 aliphatic carbocycles. The smallest absolute Gasteiger partial charge is 0.172 e. The van der Waals surface area contributed by atoms with Crippen LogP contribution < -0.4 is 0 Å². The molecule has 0 atom stereocenters. The molecule has 1 aromatic rings. The van der Waals surface area contributed by atoms with E-state index in [9.17, 15) is 4.79 Å². The number of rotatable bonds is 6. The van der Waals surface area contributed by atoms with Crippen molar-refractivity contribution in [2.45, 2.75) is 0 Å². The Morgan fingerprint density at radius 1 is 1.27 bits per heavy atom. The highest BCUT2D eigenvalue weighted by Gasteiger charge is 2.04. The number of carbonyl (C=O) groups is 1. The summed E-state index contributed by atoms with van der Waals surface area (Å²) in [6.07, 6.45) is 2.08. The molecule has 82 valence electrons. The van der Waals surface area contributed by atoms with E-state index >= 15 is 0 Å². The Hall–Kier alpha value is 0.0700. The van der Waals surface area contributed by atoms with Crippen molar-refractivity contribution in [1.82, 2.24) is 0 Å². The lowest BCUT2D eigenvalue weighted by Crippen LogP contribution is -2.03. The van der Waals surface area contributed by atoms with Crippen LogP contribution in [0.25, 0.3) is 0 Å². The molecule has 0 amide bonds. The zero-order chi connectivity index (χ0) is 11.1. The predicted octanol–water partition coefficient (Wildman–Crippen LogP) is 3.73. The van der Waals surface area contributed by atoms with Crippen molar-refractivity contribution < 1.29 is 4.79 Å². The van der Waals surface area contributed by atoms with Gasteiger partial charge >= 0.3 is 0 Å². The third-order valence-electron chi connectivity index (χ3n) is 1.83. The molecule has 1 aromatic carbocycles. The summed E-state index contributed by atoms with van der Waals surface area (Å²) >= 11 is 6.86. The van der Waals surface area contributed by atoms with Crippen LogP contribution in [0, 0.1) is 0 Å². The van der Waals surface area contributed by atoms with E-state index in [0.29, 0.717) is 5.75 Å². The monoisotopic (exact) mass is 304 g/mol. The second-order valence-electron chi connectivity index (χ2n) is 2.98. The van der Waals surface area contributed by atoms with E-state index in [0.717, 1.165) is 21.5 Å². The van der Waals surface area contributed by atoms with E-state index in [4.69, 9.17) is 0 Å². The highest BCUT2D eigenvalue weighted by molar-refractivity contribution is 9.10. The second kappa shape index (κ2) is 7.36. The van der Waals surface area contributed by atoms with Gasteiger partial charge in [0, 0.05) is 21.5 Å². The Morgan fingerprint density at radius 2 is 1.93 bits per heavy atom. The van der Waals surface area contributed by atoms with Gasteiger partial charge in [-0.05, 0) is 18.4 Å². The van der Waals surface area contributed by atoms with Crippen molar-refractivity contribution in [2.75, 3.05) is 23.5 Å². The number of hydrogen-bond donors (Lipinski definition) is 0. The summed E-state index contributed by atoms with van der Waals surface area (Å²) in [7, 11) is 0. The van der Waals surface area contributed by atoms with Crippen LogP contribution in [0.3, 0.4) is 0 Å². The van der Waals surface area contributed by atoms with Gasteiger partial charge < -0.3 is 0 Å². The molecular weight excluding hydrogens is 292 g/mol. The van der Waals surface area contributed by atoms with Gasteiger partial charge in [-0.1, -0.05) is 28.1 Å². The number of carbonyl (C=O) groups excluding carboxylic acids is 1. The van der Waals surface area contributed by atoms with Gasteiger partial charge in [0.1, 0.15) is 0 Å². The molecule has 4 heteroatoms. The molecule has 0 bridgehead atoms. The summed E-state index contributed by atoms with van der Waals surface area (Å²) < 4.78 is 1.01. The van der Waals surface area contributed by atoms with E-state index in [-0.39, 0.29) is 5.78 Å². The maximum absolute atomic E-state index is 11.7. The Balaban J connectivity index is 2.37. The van der Waals surface area contributed by atoms with E-state index < -0.39 is 0 Å². The van der Waals surface area contributed by atoms with Crippen molar-refractivity contribution in [3.05, 3.63) is 34.3 Å². The van der Waals surface area contributed by atoms with Gasteiger partial charge in [0.05, 0.1) is 5.75 Å². The van der Waals surface area contributed by atoms with Crippen LogP contribution >= 0.6 is 39.5 Å². The van der Waals surface area contributed by atoms with E-state index in [1.165, 1.54) is 0 Å². The maximum atomic E-state index is 11.7. The zero-order valence-corrected chi connectivity index (χ0v) is 11.8. The standard InChI is InChI=1S/C11H13BrOS2/c1-14-6-7-15-8-11(13)9-2-4-10(12)5-3-9/h2-5H,6-8H2,1H3. The molecule has 0 aliphatic heterocycles. The first-order valence-corrected chi connectivity index (χ1v) is 7.93. The molecule has 0 radical (unpaired) electrons. The fourth-order valence-corrected chi connectivity index (χ4v) is 2.93. The third kappa shape index (κ3) is 5.09. The molecule has 0 unspecified atom stereocenters. The molecule has 0 saturated heterocycles. The highest BCUT2D eigenvalue weighted by Crippen LogP contribution is 2.13. The average Bonchev–Trinajstić information content (AvgIpc) is 2.25. The van der Waals surface area contributed by atoms with Crippen molar-refractivity contribution in [3.8, 4) is 0 Å². The molecule has 0 aliphatic rings. The van der Waals surface area contributed by atoms with Gasteiger partial charge in [-0.25, -0.2) is 0 Å². The van der Waals surface area contributed by atoms with Crippen molar-refractivity contribution >= 4 is 45.2 Å². The van der Waals surface area contributed by atoms with Crippen molar-refractivity contribution in [1.29, 1.82) is 0 Å². The molecule has 0 N–H and O–H groups in total. The summed E-state index contributed by atoms with van der Waals surface area (Å²) in [4.78, 5) is 11.7. The fourth-order valence-electron chi connectivity index (χ4n) is 1.03. The lowest BCUT2D eigenvalue weighted by Gasteiger charge is -2.01. The first-order valence-electron chi connectivity index (χ1n) is 4.59. The number of benzene rings is 1. The molecular formula is C11H13BrOS2. The Kier molecular flexibility index (Phi) is 6.45. The first kappa shape index (κ1) is 13.1. The minimum atomic E-state index is 0.216. The SMILES string of the molecule is CSCCSCC(=O)c1ccc(Br)cc1. The van der Waals surface area contributed by atoms with Gasteiger partial charge in [-0.3, -0.25) is 4.79 Å². The van der Waals surface area contributed by atoms with Crippen LogP contribution in [-0.4, -0.2) is 29.3 Å². The van der Waals surface area contributed by atoms with Crippen LogP contribution in [0.5, 0.6) is 0 Å². The van der Waals surface area contributed by atoms with Gasteiger partial charge in [0.2, 0.25) is 0 Å². The van der Waals surface area contributed by atoms with Crippen LogP contribution in [0.15, 0.2) is 28.7 Å². The number of halogens is 1. The molecule has 0 heterocycles. The van der Waals surface area contributed by atoms with E-state index in [1.807, 2.05) is 36.0 Å². The topological polar surface area (TPSA) is 17.1 Å². The summed E-state index contributed by atoms with van der Waals surface area (Å²) in [6.45, 7) is 0. The Bertz CT molecular complexity index is 311. The zero-order valence-electron chi connectivity index (χ0n) is 8.53. The molecule has 0 saturated carbocycles. The van der Waals surface area contributed by atoms with E-state index in [1.54, 1.807) is 11.8 Å². The summed E-state index contributed by atoms with van der Waals surface area (Å²) in [6, 6.07) is 7.53. The molecule has 0 spiro atoms. The number of thioether (sulfide) groups is 2. The molecule has 0 fully saturated rings. The summed E-state index contributed by atoms with van der Waals surface area (Å²) in [5, 5.41) is 0. The Morgan fingerprint density at radius 3 is 2.53 bits per heavy atom. The van der Waals surface area contributed by atoms with Crippen molar-refractivity contribution in [3.63, 3.8) is 0 Å². The van der Waals surface area contributed by atoms with Gasteiger partial charge in [-0.2, -0.15) is 23.5 Å². The minimum absolute atomic E-state index is 0.216. The van der Waals surface area contributed by atoms with Gasteiger partial charge in [-0.15, -0.1) is 0 Å². The highest BCUT2D eigenvalue weighted by atomic mass is 79.9. The lowest BCUT2D eigenvalue weighted by molar-refractivity contribution is 0.102. The normalized spacial score (nSPS) is 10.3. The predicted molar refractivity (Wildman–Crippen MR) is 74.2 cm³/mol. The number of ketones is 1. The van der Waals surface area contributed by atoms with Crippen LogP contribution in [-0.2, 0) is 0 Å². The van der Waals surface area contributed by atoms with Crippen LogP contribution in [0.4, 0.5) is 0 Å². The molecule has 1 rings (SSSR count). The number of Topliss-reactive ketones (excluding diaryl/α,β-unsaturated/α-hetero) is 1. The third-order valence-corrected chi connectivity index (χ3v) is 4.19. The first-order chi connectivity index (χ1) is 7.24.